The van der Waals surface area contributed by atoms with Gasteiger partial charge in [-0.15, -0.1) is 24.0 Å². The minimum atomic E-state index is 0. The lowest BCUT2D eigenvalue weighted by molar-refractivity contribution is 0.0420. The molecule has 2 rings (SSSR count). The maximum Gasteiger partial charge on any atom is 0.191 e. The molecule has 1 fully saturated rings. The molecule has 1 aromatic rings. The minimum absolute atomic E-state index is 0. The van der Waals surface area contributed by atoms with Crippen molar-refractivity contribution in [1.29, 1.82) is 5.26 Å². The van der Waals surface area contributed by atoms with Gasteiger partial charge in [0.05, 0.1) is 24.3 Å². The Morgan fingerprint density at radius 1 is 1.38 bits per heavy atom. The maximum absolute atomic E-state index is 8.78. The molecule has 1 aliphatic rings. The number of hydrogen-bond acceptors (Lipinski definition) is 4. The van der Waals surface area contributed by atoms with Crippen molar-refractivity contribution in [2.75, 3.05) is 33.4 Å². The van der Waals surface area contributed by atoms with Gasteiger partial charge >= 0.3 is 0 Å². The normalized spacial score (nSPS) is 17.0. The summed E-state index contributed by atoms with van der Waals surface area (Å²) in [7, 11) is 1.75. The molecule has 0 spiro atoms. The molecule has 0 amide bonds. The summed E-state index contributed by atoms with van der Waals surface area (Å²) in [6.07, 6.45) is 2.19. The van der Waals surface area contributed by atoms with Crippen LogP contribution in [0.15, 0.2) is 29.3 Å². The van der Waals surface area contributed by atoms with Gasteiger partial charge in [-0.25, -0.2) is 0 Å². The van der Waals surface area contributed by atoms with Crippen molar-refractivity contribution >= 4 is 29.9 Å². The van der Waals surface area contributed by atoms with Gasteiger partial charge in [0.2, 0.25) is 0 Å². The highest BCUT2D eigenvalue weighted by molar-refractivity contribution is 14.0. The first-order valence-electron chi connectivity index (χ1n) is 7.94. The first-order chi connectivity index (χ1) is 11.3. The lowest BCUT2D eigenvalue weighted by Gasteiger charge is -2.13. The first-order valence-corrected chi connectivity index (χ1v) is 7.94. The highest BCUT2D eigenvalue weighted by Crippen LogP contribution is 2.07. The van der Waals surface area contributed by atoms with Crippen molar-refractivity contribution < 1.29 is 9.47 Å². The Morgan fingerprint density at radius 2 is 2.17 bits per heavy atom. The highest BCUT2D eigenvalue weighted by atomic mass is 127. The van der Waals surface area contributed by atoms with Crippen molar-refractivity contribution in [1.82, 2.24) is 10.6 Å². The number of halogens is 1. The van der Waals surface area contributed by atoms with Crippen LogP contribution < -0.4 is 10.6 Å². The van der Waals surface area contributed by atoms with E-state index in [-0.39, 0.29) is 30.1 Å². The quantitative estimate of drug-likeness (QED) is 0.291. The van der Waals surface area contributed by atoms with E-state index in [0.29, 0.717) is 12.1 Å². The van der Waals surface area contributed by atoms with E-state index in [0.717, 1.165) is 50.7 Å². The van der Waals surface area contributed by atoms with Gasteiger partial charge in [0.25, 0.3) is 0 Å². The third-order valence-corrected chi connectivity index (χ3v) is 3.62. The van der Waals surface area contributed by atoms with E-state index < -0.39 is 0 Å². The third-order valence-electron chi connectivity index (χ3n) is 3.62. The van der Waals surface area contributed by atoms with E-state index in [2.05, 4.69) is 21.7 Å². The van der Waals surface area contributed by atoms with Crippen LogP contribution in [0.25, 0.3) is 0 Å². The SMILES string of the molecule is CN=C(NCCCOC1CCOC1)NCc1ccc(C#N)cc1.I. The summed E-state index contributed by atoms with van der Waals surface area (Å²) in [5.74, 6) is 0.763. The van der Waals surface area contributed by atoms with Crippen molar-refractivity contribution in [3.05, 3.63) is 35.4 Å². The minimum Gasteiger partial charge on any atom is -0.379 e. The Bertz CT molecular complexity index is 537. The van der Waals surface area contributed by atoms with Gasteiger partial charge < -0.3 is 20.1 Å². The lowest BCUT2D eigenvalue weighted by Crippen LogP contribution is -2.37. The van der Waals surface area contributed by atoms with Gasteiger partial charge in [0, 0.05) is 33.4 Å². The largest absolute Gasteiger partial charge is 0.379 e. The highest BCUT2D eigenvalue weighted by Gasteiger charge is 2.15. The van der Waals surface area contributed by atoms with Crippen LogP contribution in [0, 0.1) is 11.3 Å². The van der Waals surface area contributed by atoms with Crippen LogP contribution in [0.1, 0.15) is 24.0 Å². The topological polar surface area (TPSA) is 78.7 Å². The Balaban J connectivity index is 0.00000288. The Labute approximate surface area is 160 Å². The second-order valence-electron chi connectivity index (χ2n) is 5.37. The van der Waals surface area contributed by atoms with E-state index in [1.165, 1.54) is 0 Å². The van der Waals surface area contributed by atoms with Crippen LogP contribution in [0.3, 0.4) is 0 Å². The van der Waals surface area contributed by atoms with Crippen molar-refractivity contribution in [2.45, 2.75) is 25.5 Å². The lowest BCUT2D eigenvalue weighted by atomic mass is 10.1. The number of hydrogen-bond donors (Lipinski definition) is 2. The Morgan fingerprint density at radius 3 is 2.79 bits per heavy atom. The second-order valence-corrected chi connectivity index (χ2v) is 5.37. The summed E-state index contributed by atoms with van der Waals surface area (Å²) >= 11 is 0. The zero-order valence-electron chi connectivity index (χ0n) is 14.0. The van der Waals surface area contributed by atoms with Crippen LogP contribution in [-0.4, -0.2) is 45.5 Å². The zero-order chi connectivity index (χ0) is 16.3. The zero-order valence-corrected chi connectivity index (χ0v) is 16.3. The molecule has 0 bridgehead atoms. The fourth-order valence-electron chi connectivity index (χ4n) is 2.28. The van der Waals surface area contributed by atoms with Crippen molar-refractivity contribution in [2.24, 2.45) is 4.99 Å². The Kier molecular flexibility index (Phi) is 10.4. The average Bonchev–Trinajstić information content (AvgIpc) is 3.11. The van der Waals surface area contributed by atoms with Crippen LogP contribution in [0.2, 0.25) is 0 Å². The molecule has 1 aromatic carbocycles. The molecule has 0 aliphatic carbocycles. The van der Waals surface area contributed by atoms with Gasteiger partial charge in [-0.3, -0.25) is 4.99 Å². The van der Waals surface area contributed by atoms with Gasteiger partial charge in [0.15, 0.2) is 5.96 Å². The van der Waals surface area contributed by atoms with E-state index in [1.54, 1.807) is 7.05 Å². The average molecular weight is 444 g/mol. The number of benzene rings is 1. The van der Waals surface area contributed by atoms with Crippen LogP contribution >= 0.6 is 24.0 Å². The molecule has 132 valence electrons. The maximum atomic E-state index is 8.78. The summed E-state index contributed by atoms with van der Waals surface area (Å²) in [6, 6.07) is 9.63. The number of guanidine groups is 1. The van der Waals surface area contributed by atoms with Crippen molar-refractivity contribution in [3.63, 3.8) is 0 Å². The standard InChI is InChI=1S/C17H24N4O2.HI/c1-19-17(20-8-2-9-23-16-7-10-22-13-16)21-12-15-5-3-14(11-18)4-6-15;/h3-6,16H,2,7-10,12-13H2,1H3,(H2,19,20,21);1H. The summed E-state index contributed by atoms with van der Waals surface area (Å²) in [6.45, 7) is 3.74. The second kappa shape index (κ2) is 12.1. The molecule has 2 N–H and O–H groups in total. The predicted molar refractivity (Wildman–Crippen MR) is 105 cm³/mol. The van der Waals surface area contributed by atoms with Crippen molar-refractivity contribution in [3.8, 4) is 6.07 Å². The summed E-state index contributed by atoms with van der Waals surface area (Å²) in [4.78, 5) is 4.19. The molecule has 1 heterocycles. The molecule has 24 heavy (non-hydrogen) atoms. The van der Waals surface area contributed by atoms with Gasteiger partial charge in [-0.1, -0.05) is 12.1 Å². The fourth-order valence-corrected chi connectivity index (χ4v) is 2.28. The molecule has 1 aliphatic heterocycles. The third kappa shape index (κ3) is 7.47. The predicted octanol–water partition coefficient (Wildman–Crippen LogP) is 2.04. The van der Waals surface area contributed by atoms with Crippen LogP contribution in [0.4, 0.5) is 0 Å². The number of nitriles is 1. The number of nitrogens with zero attached hydrogens (tertiary/aromatic N) is 2. The molecule has 0 aromatic heterocycles. The van der Waals surface area contributed by atoms with E-state index in [1.807, 2.05) is 24.3 Å². The molecule has 1 saturated heterocycles. The van der Waals surface area contributed by atoms with Gasteiger partial charge in [-0.05, 0) is 30.5 Å². The molecule has 1 unspecified atom stereocenters. The summed E-state index contributed by atoms with van der Waals surface area (Å²) in [5.41, 5.74) is 1.78. The molecular formula is C17H25IN4O2. The Hall–Kier alpha value is -1.37. The molecule has 1 atom stereocenters. The molecule has 6 nitrogen and oxygen atoms in total. The van der Waals surface area contributed by atoms with E-state index in [9.17, 15) is 0 Å². The monoisotopic (exact) mass is 444 g/mol. The van der Waals surface area contributed by atoms with Crippen LogP contribution in [-0.2, 0) is 16.0 Å². The summed E-state index contributed by atoms with van der Waals surface area (Å²) < 4.78 is 11.0. The fraction of sp³-hybridized carbons (Fsp3) is 0.529. The van der Waals surface area contributed by atoms with Gasteiger partial charge in [0.1, 0.15) is 0 Å². The first kappa shape index (κ1) is 20.7. The van der Waals surface area contributed by atoms with E-state index in [4.69, 9.17) is 14.7 Å². The number of ether oxygens (including phenoxy) is 2. The number of aliphatic imine (C=N–C) groups is 1. The van der Waals surface area contributed by atoms with Crippen LogP contribution in [0.5, 0.6) is 0 Å². The summed E-state index contributed by atoms with van der Waals surface area (Å²) in [5, 5.41) is 15.3. The molecule has 7 heteroatoms. The van der Waals surface area contributed by atoms with Gasteiger partial charge in [-0.2, -0.15) is 5.26 Å². The molecule has 0 radical (unpaired) electrons. The smallest absolute Gasteiger partial charge is 0.191 e. The van der Waals surface area contributed by atoms with E-state index >= 15 is 0 Å². The number of rotatable bonds is 7. The molecule has 0 saturated carbocycles. The number of nitrogens with one attached hydrogen (secondary N) is 2. The molecular weight excluding hydrogens is 419 g/mol.